The van der Waals surface area contributed by atoms with Gasteiger partial charge >= 0.3 is 0 Å². The topological polar surface area (TPSA) is 72.8 Å². The highest BCUT2D eigenvalue weighted by molar-refractivity contribution is 9.10. The third-order valence-corrected chi connectivity index (χ3v) is 3.52. The molecule has 24 heavy (non-hydrogen) atoms. The Morgan fingerprint density at radius 2 is 2.04 bits per heavy atom. The summed E-state index contributed by atoms with van der Waals surface area (Å²) in [4.78, 5) is 15.8. The van der Waals surface area contributed by atoms with E-state index in [4.69, 9.17) is 9.47 Å². The van der Waals surface area contributed by atoms with Crippen LogP contribution in [-0.2, 0) is 0 Å². The molecule has 0 aliphatic rings. The van der Waals surface area contributed by atoms with Crippen molar-refractivity contribution in [3.05, 3.63) is 52.3 Å². The van der Waals surface area contributed by atoms with Gasteiger partial charge in [0.05, 0.1) is 23.9 Å². The maximum Gasteiger partial charge on any atom is 0.271 e. The average Bonchev–Trinajstić information content (AvgIpc) is 2.57. The summed E-state index contributed by atoms with van der Waals surface area (Å²) in [6, 6.07) is 6.85. The first-order valence-corrected chi connectivity index (χ1v) is 8.08. The van der Waals surface area contributed by atoms with Crippen LogP contribution in [-0.4, -0.2) is 30.3 Å². The SMILES string of the molecule is COc1cc(/C=N\NC(=O)c2ccncc2)cc(Br)c1OC(C)C. The second-order valence-electron chi connectivity index (χ2n) is 5.14. The lowest BCUT2D eigenvalue weighted by atomic mass is 10.2. The number of halogens is 1. The number of hydrogen-bond donors (Lipinski definition) is 1. The number of pyridine rings is 1. The van der Waals surface area contributed by atoms with Crippen LogP contribution in [0.15, 0.2) is 46.2 Å². The molecule has 0 saturated carbocycles. The summed E-state index contributed by atoms with van der Waals surface area (Å²) >= 11 is 3.46. The number of carbonyl (C=O) groups is 1. The highest BCUT2D eigenvalue weighted by Crippen LogP contribution is 2.36. The van der Waals surface area contributed by atoms with E-state index in [1.54, 1.807) is 37.7 Å². The Labute approximate surface area is 149 Å². The van der Waals surface area contributed by atoms with Crippen molar-refractivity contribution in [2.75, 3.05) is 7.11 Å². The molecule has 1 aromatic heterocycles. The van der Waals surface area contributed by atoms with Gasteiger partial charge in [-0.3, -0.25) is 9.78 Å². The van der Waals surface area contributed by atoms with Crippen molar-refractivity contribution in [1.29, 1.82) is 0 Å². The minimum Gasteiger partial charge on any atom is -0.493 e. The Kier molecular flexibility index (Phi) is 6.31. The molecule has 0 radical (unpaired) electrons. The Hall–Kier alpha value is -2.41. The Morgan fingerprint density at radius 3 is 2.67 bits per heavy atom. The maximum atomic E-state index is 11.9. The lowest BCUT2D eigenvalue weighted by Crippen LogP contribution is -2.17. The maximum absolute atomic E-state index is 11.9. The predicted molar refractivity (Wildman–Crippen MR) is 95.8 cm³/mol. The number of rotatable bonds is 6. The van der Waals surface area contributed by atoms with Crippen LogP contribution in [0.4, 0.5) is 0 Å². The molecule has 1 aromatic carbocycles. The number of amides is 1. The molecule has 2 rings (SSSR count). The van der Waals surface area contributed by atoms with Crippen molar-refractivity contribution in [2.45, 2.75) is 20.0 Å². The number of benzene rings is 1. The minimum atomic E-state index is -0.306. The van der Waals surface area contributed by atoms with Gasteiger partial charge in [0.2, 0.25) is 0 Å². The molecule has 126 valence electrons. The zero-order valence-corrected chi connectivity index (χ0v) is 15.2. The minimum absolute atomic E-state index is 0.0226. The normalized spacial score (nSPS) is 10.9. The molecule has 1 heterocycles. The fraction of sp³-hybridized carbons (Fsp3) is 0.235. The van der Waals surface area contributed by atoms with Gasteiger partial charge in [-0.1, -0.05) is 0 Å². The molecular formula is C17H18BrN3O3. The van der Waals surface area contributed by atoms with Crippen molar-refractivity contribution in [1.82, 2.24) is 10.4 Å². The first-order chi connectivity index (χ1) is 11.5. The number of nitrogens with zero attached hydrogens (tertiary/aromatic N) is 2. The average molecular weight is 392 g/mol. The summed E-state index contributed by atoms with van der Waals surface area (Å²) in [6.07, 6.45) is 4.66. The van der Waals surface area contributed by atoms with Gasteiger partial charge in [0.1, 0.15) is 0 Å². The predicted octanol–water partition coefficient (Wildman–Crippen LogP) is 3.40. The van der Waals surface area contributed by atoms with Crippen LogP contribution in [0.2, 0.25) is 0 Å². The third kappa shape index (κ3) is 4.79. The number of aromatic nitrogens is 1. The van der Waals surface area contributed by atoms with E-state index in [1.165, 1.54) is 6.21 Å². The number of nitrogens with one attached hydrogen (secondary N) is 1. The first-order valence-electron chi connectivity index (χ1n) is 7.29. The fourth-order valence-corrected chi connectivity index (χ4v) is 2.45. The third-order valence-electron chi connectivity index (χ3n) is 2.93. The fourth-order valence-electron chi connectivity index (χ4n) is 1.90. The van der Waals surface area contributed by atoms with E-state index < -0.39 is 0 Å². The summed E-state index contributed by atoms with van der Waals surface area (Å²) in [5.41, 5.74) is 3.71. The Morgan fingerprint density at radius 1 is 1.33 bits per heavy atom. The Balaban J connectivity index is 2.12. The number of hydrazone groups is 1. The molecule has 1 amide bonds. The van der Waals surface area contributed by atoms with E-state index in [0.717, 1.165) is 10.0 Å². The highest BCUT2D eigenvalue weighted by atomic mass is 79.9. The molecule has 2 aromatic rings. The second-order valence-corrected chi connectivity index (χ2v) is 5.99. The van der Waals surface area contributed by atoms with E-state index in [2.05, 4.69) is 31.4 Å². The van der Waals surface area contributed by atoms with E-state index in [1.807, 2.05) is 19.9 Å². The molecule has 7 heteroatoms. The van der Waals surface area contributed by atoms with E-state index in [9.17, 15) is 4.79 Å². The van der Waals surface area contributed by atoms with Gasteiger partial charge < -0.3 is 9.47 Å². The van der Waals surface area contributed by atoms with Crippen molar-refractivity contribution in [3.63, 3.8) is 0 Å². The standard InChI is InChI=1S/C17H18BrN3O3/c1-11(2)24-16-14(18)8-12(9-15(16)23-3)10-20-21-17(22)13-4-6-19-7-5-13/h4-11H,1-3H3,(H,21,22)/b20-10-. The van der Waals surface area contributed by atoms with Gasteiger partial charge in [0.15, 0.2) is 11.5 Å². The van der Waals surface area contributed by atoms with Crippen LogP contribution in [0.3, 0.4) is 0 Å². The number of carbonyl (C=O) groups excluding carboxylic acids is 1. The molecule has 0 spiro atoms. The summed E-state index contributed by atoms with van der Waals surface area (Å²) in [5, 5.41) is 3.96. The van der Waals surface area contributed by atoms with Gasteiger partial charge in [-0.05, 0) is 59.6 Å². The monoisotopic (exact) mass is 391 g/mol. The van der Waals surface area contributed by atoms with Crippen LogP contribution < -0.4 is 14.9 Å². The summed E-state index contributed by atoms with van der Waals surface area (Å²) in [7, 11) is 1.57. The molecule has 0 aliphatic carbocycles. The Bertz CT molecular complexity index is 733. The lowest BCUT2D eigenvalue weighted by Gasteiger charge is -2.15. The smallest absolute Gasteiger partial charge is 0.271 e. The van der Waals surface area contributed by atoms with Gasteiger partial charge in [-0.25, -0.2) is 5.43 Å². The molecule has 0 saturated heterocycles. The van der Waals surface area contributed by atoms with Gasteiger partial charge in [0, 0.05) is 18.0 Å². The zero-order chi connectivity index (χ0) is 17.5. The van der Waals surface area contributed by atoms with Crippen LogP contribution >= 0.6 is 15.9 Å². The van der Waals surface area contributed by atoms with Crippen molar-refractivity contribution >= 4 is 28.1 Å². The van der Waals surface area contributed by atoms with Crippen LogP contribution in [0.5, 0.6) is 11.5 Å². The summed E-state index contributed by atoms with van der Waals surface area (Å²) < 4.78 is 11.8. The van der Waals surface area contributed by atoms with Crippen molar-refractivity contribution in [3.8, 4) is 11.5 Å². The van der Waals surface area contributed by atoms with Crippen LogP contribution in [0, 0.1) is 0 Å². The quantitative estimate of drug-likeness (QED) is 0.604. The van der Waals surface area contributed by atoms with Crippen LogP contribution in [0.25, 0.3) is 0 Å². The van der Waals surface area contributed by atoms with E-state index >= 15 is 0 Å². The van der Waals surface area contributed by atoms with Crippen molar-refractivity contribution < 1.29 is 14.3 Å². The second kappa shape index (κ2) is 8.44. The molecule has 1 N–H and O–H groups in total. The van der Waals surface area contributed by atoms with Gasteiger partial charge in [-0.15, -0.1) is 0 Å². The first kappa shape index (κ1) is 17.9. The van der Waals surface area contributed by atoms with Crippen LogP contribution in [0.1, 0.15) is 29.8 Å². The molecule has 0 aliphatic heterocycles. The molecule has 0 atom stereocenters. The lowest BCUT2D eigenvalue weighted by molar-refractivity contribution is 0.0955. The van der Waals surface area contributed by atoms with E-state index in [-0.39, 0.29) is 12.0 Å². The van der Waals surface area contributed by atoms with Gasteiger partial charge in [-0.2, -0.15) is 5.10 Å². The van der Waals surface area contributed by atoms with Gasteiger partial charge in [0.25, 0.3) is 5.91 Å². The summed E-state index contributed by atoms with van der Waals surface area (Å²) in [6.45, 7) is 3.88. The molecule has 6 nitrogen and oxygen atoms in total. The molecule has 0 fully saturated rings. The molecule has 0 bridgehead atoms. The summed E-state index contributed by atoms with van der Waals surface area (Å²) in [5.74, 6) is 0.907. The zero-order valence-electron chi connectivity index (χ0n) is 13.6. The number of methoxy groups -OCH3 is 1. The number of hydrogen-bond acceptors (Lipinski definition) is 5. The van der Waals surface area contributed by atoms with Crippen molar-refractivity contribution in [2.24, 2.45) is 5.10 Å². The number of ether oxygens (including phenoxy) is 2. The molecule has 0 unspecified atom stereocenters. The van der Waals surface area contributed by atoms with E-state index in [0.29, 0.717) is 17.1 Å². The largest absolute Gasteiger partial charge is 0.493 e. The highest BCUT2D eigenvalue weighted by Gasteiger charge is 2.12. The molecular weight excluding hydrogens is 374 g/mol.